The molecule has 0 aliphatic heterocycles. The monoisotopic (exact) mass is 368 g/mol. The SMILES string of the molecule is CCCn1c2c(=O)n(C)c(=O)n(C)c2n2c(-c3ccc(OC)cc3)nnc12. The van der Waals surface area contributed by atoms with E-state index in [0.717, 1.165) is 22.3 Å². The summed E-state index contributed by atoms with van der Waals surface area (Å²) in [5, 5.41) is 8.64. The van der Waals surface area contributed by atoms with Crippen molar-refractivity contribution in [3.05, 3.63) is 45.1 Å². The predicted molar refractivity (Wildman–Crippen MR) is 101 cm³/mol. The summed E-state index contributed by atoms with van der Waals surface area (Å²) >= 11 is 0. The molecule has 0 bridgehead atoms. The summed E-state index contributed by atoms with van der Waals surface area (Å²) in [7, 11) is 4.74. The van der Waals surface area contributed by atoms with Crippen LogP contribution < -0.4 is 16.0 Å². The molecule has 3 heterocycles. The molecule has 0 unspecified atom stereocenters. The molecule has 0 saturated carbocycles. The highest BCUT2D eigenvalue weighted by molar-refractivity contribution is 5.79. The van der Waals surface area contributed by atoms with Crippen molar-refractivity contribution < 1.29 is 4.74 Å². The molecule has 140 valence electrons. The fourth-order valence-corrected chi connectivity index (χ4v) is 3.42. The molecular weight excluding hydrogens is 348 g/mol. The third kappa shape index (κ3) is 2.31. The van der Waals surface area contributed by atoms with E-state index in [1.807, 2.05) is 35.8 Å². The molecular formula is C18H20N6O3. The van der Waals surface area contributed by atoms with Gasteiger partial charge in [-0.15, -0.1) is 10.2 Å². The van der Waals surface area contributed by atoms with Crippen molar-refractivity contribution in [3.8, 4) is 17.1 Å². The van der Waals surface area contributed by atoms with E-state index in [0.29, 0.717) is 29.3 Å². The number of nitrogens with zero attached hydrogens (tertiary/aromatic N) is 6. The number of hydrogen-bond acceptors (Lipinski definition) is 5. The van der Waals surface area contributed by atoms with E-state index in [1.54, 1.807) is 18.6 Å². The van der Waals surface area contributed by atoms with Gasteiger partial charge in [0.05, 0.1) is 7.11 Å². The Kier molecular flexibility index (Phi) is 3.87. The largest absolute Gasteiger partial charge is 0.497 e. The summed E-state index contributed by atoms with van der Waals surface area (Å²) in [6.07, 6.45) is 0.816. The van der Waals surface area contributed by atoms with Crippen molar-refractivity contribution in [1.82, 2.24) is 28.3 Å². The molecule has 9 heteroatoms. The van der Waals surface area contributed by atoms with Crippen LogP contribution in [0.25, 0.3) is 28.3 Å². The van der Waals surface area contributed by atoms with Crippen molar-refractivity contribution in [3.63, 3.8) is 0 Å². The third-order valence-corrected chi connectivity index (χ3v) is 4.78. The van der Waals surface area contributed by atoms with E-state index < -0.39 is 5.69 Å². The first-order valence-corrected chi connectivity index (χ1v) is 8.67. The molecule has 0 amide bonds. The number of imidazole rings is 1. The maximum Gasteiger partial charge on any atom is 0.332 e. The lowest BCUT2D eigenvalue weighted by atomic mass is 10.2. The minimum Gasteiger partial charge on any atom is -0.497 e. The molecule has 1 aromatic carbocycles. The van der Waals surface area contributed by atoms with Crippen molar-refractivity contribution in [1.29, 1.82) is 0 Å². The molecule has 4 rings (SSSR count). The van der Waals surface area contributed by atoms with Gasteiger partial charge in [0, 0.05) is 26.2 Å². The number of fused-ring (bicyclic) bond motifs is 3. The average Bonchev–Trinajstić information content (AvgIpc) is 3.24. The number of ether oxygens (including phenoxy) is 1. The van der Waals surface area contributed by atoms with Crippen LogP contribution in [0.5, 0.6) is 5.75 Å². The molecule has 0 fully saturated rings. The van der Waals surface area contributed by atoms with Gasteiger partial charge in [-0.05, 0) is 30.7 Å². The van der Waals surface area contributed by atoms with E-state index in [-0.39, 0.29) is 5.56 Å². The van der Waals surface area contributed by atoms with Gasteiger partial charge >= 0.3 is 5.69 Å². The number of methoxy groups -OCH3 is 1. The normalized spacial score (nSPS) is 11.6. The van der Waals surface area contributed by atoms with Gasteiger partial charge in [-0.25, -0.2) is 9.20 Å². The predicted octanol–water partition coefficient (Wildman–Crippen LogP) is 1.17. The Morgan fingerprint density at radius 2 is 1.74 bits per heavy atom. The standard InChI is InChI=1S/C18H20N6O3/c1-5-10-23-13-15(21(2)18(26)22(3)16(13)25)24-14(19-20-17(23)24)11-6-8-12(27-4)9-7-11/h6-9H,5,10H2,1-4H3. The fraction of sp³-hybridized carbons (Fsp3) is 0.333. The molecule has 0 spiro atoms. The number of benzene rings is 1. The first-order chi connectivity index (χ1) is 13.0. The number of rotatable bonds is 4. The van der Waals surface area contributed by atoms with E-state index in [1.165, 1.54) is 11.6 Å². The van der Waals surface area contributed by atoms with Crippen molar-refractivity contribution in [2.75, 3.05) is 7.11 Å². The van der Waals surface area contributed by atoms with E-state index in [2.05, 4.69) is 10.2 Å². The second-order valence-corrected chi connectivity index (χ2v) is 6.42. The maximum atomic E-state index is 12.8. The van der Waals surface area contributed by atoms with Crippen LogP contribution in [0.15, 0.2) is 33.9 Å². The molecule has 3 aromatic heterocycles. The van der Waals surface area contributed by atoms with Crippen LogP contribution >= 0.6 is 0 Å². The zero-order valence-electron chi connectivity index (χ0n) is 15.6. The lowest BCUT2D eigenvalue weighted by Gasteiger charge is -2.07. The highest BCUT2D eigenvalue weighted by atomic mass is 16.5. The van der Waals surface area contributed by atoms with Gasteiger partial charge in [-0.1, -0.05) is 6.92 Å². The number of aromatic nitrogens is 6. The van der Waals surface area contributed by atoms with Crippen LogP contribution in [0.4, 0.5) is 0 Å². The Hall–Kier alpha value is -3.36. The Balaban J connectivity index is 2.17. The highest BCUT2D eigenvalue weighted by Crippen LogP contribution is 2.25. The third-order valence-electron chi connectivity index (χ3n) is 4.78. The van der Waals surface area contributed by atoms with E-state index >= 15 is 0 Å². The first-order valence-electron chi connectivity index (χ1n) is 8.67. The lowest BCUT2D eigenvalue weighted by Crippen LogP contribution is -2.37. The Morgan fingerprint density at radius 1 is 1.04 bits per heavy atom. The molecule has 0 saturated heterocycles. The van der Waals surface area contributed by atoms with Crippen molar-refractivity contribution in [2.45, 2.75) is 19.9 Å². The molecule has 27 heavy (non-hydrogen) atoms. The van der Waals surface area contributed by atoms with E-state index in [4.69, 9.17) is 4.74 Å². The van der Waals surface area contributed by atoms with Crippen molar-refractivity contribution in [2.24, 2.45) is 14.1 Å². The van der Waals surface area contributed by atoms with Gasteiger partial charge in [0.25, 0.3) is 5.56 Å². The van der Waals surface area contributed by atoms with E-state index in [9.17, 15) is 9.59 Å². The molecule has 0 atom stereocenters. The van der Waals surface area contributed by atoms with Crippen LogP contribution in [-0.4, -0.2) is 35.4 Å². The quantitative estimate of drug-likeness (QED) is 0.539. The zero-order chi connectivity index (χ0) is 19.3. The first kappa shape index (κ1) is 17.1. The van der Waals surface area contributed by atoms with Gasteiger partial charge in [0.2, 0.25) is 5.78 Å². The highest BCUT2D eigenvalue weighted by Gasteiger charge is 2.23. The molecule has 0 aliphatic carbocycles. The summed E-state index contributed by atoms with van der Waals surface area (Å²) in [5.74, 6) is 1.83. The molecule has 9 nitrogen and oxygen atoms in total. The minimum atomic E-state index is -0.391. The number of hydrogen-bond donors (Lipinski definition) is 0. The van der Waals surface area contributed by atoms with Gasteiger partial charge in [0.15, 0.2) is 17.0 Å². The van der Waals surface area contributed by atoms with Crippen LogP contribution in [0.2, 0.25) is 0 Å². The summed E-state index contributed by atoms with van der Waals surface area (Å²) in [5.41, 5.74) is 1.01. The van der Waals surface area contributed by atoms with Gasteiger partial charge < -0.3 is 9.30 Å². The summed E-state index contributed by atoms with van der Waals surface area (Å²) in [4.78, 5) is 25.4. The second-order valence-electron chi connectivity index (χ2n) is 6.42. The van der Waals surface area contributed by atoms with Gasteiger partial charge in [0.1, 0.15) is 5.75 Å². The topological polar surface area (TPSA) is 88.4 Å². The molecule has 0 aliphatic rings. The van der Waals surface area contributed by atoms with Crippen LogP contribution in [0.3, 0.4) is 0 Å². The van der Waals surface area contributed by atoms with Crippen LogP contribution in [0.1, 0.15) is 13.3 Å². The molecule has 0 N–H and O–H groups in total. The van der Waals surface area contributed by atoms with Gasteiger partial charge in [-0.3, -0.25) is 13.9 Å². The molecule has 4 aromatic rings. The molecule has 0 radical (unpaired) electrons. The smallest absolute Gasteiger partial charge is 0.332 e. The minimum absolute atomic E-state index is 0.340. The summed E-state index contributed by atoms with van der Waals surface area (Å²) in [6.45, 7) is 2.62. The Labute approximate surface area is 154 Å². The zero-order valence-corrected chi connectivity index (χ0v) is 15.6. The lowest BCUT2D eigenvalue weighted by molar-refractivity contribution is 0.415. The Bertz CT molecular complexity index is 1270. The van der Waals surface area contributed by atoms with Crippen LogP contribution in [-0.2, 0) is 20.6 Å². The van der Waals surface area contributed by atoms with Crippen LogP contribution in [0, 0.1) is 0 Å². The van der Waals surface area contributed by atoms with Gasteiger partial charge in [-0.2, -0.15) is 0 Å². The maximum absolute atomic E-state index is 12.8. The Morgan fingerprint density at radius 3 is 2.37 bits per heavy atom. The summed E-state index contributed by atoms with van der Waals surface area (Å²) < 4.78 is 11.4. The summed E-state index contributed by atoms with van der Waals surface area (Å²) in [6, 6.07) is 7.41. The fourth-order valence-electron chi connectivity index (χ4n) is 3.42. The number of aryl methyl sites for hydroxylation is 2. The van der Waals surface area contributed by atoms with Crippen molar-refractivity contribution >= 4 is 16.9 Å². The second kappa shape index (κ2) is 6.11. The average molecular weight is 368 g/mol.